The third-order valence-electron chi connectivity index (χ3n) is 2.89. The van der Waals surface area contributed by atoms with E-state index in [0.717, 1.165) is 6.07 Å². The van der Waals surface area contributed by atoms with E-state index in [4.69, 9.17) is 5.73 Å². The van der Waals surface area contributed by atoms with Gasteiger partial charge in [0.1, 0.15) is 5.82 Å². The van der Waals surface area contributed by atoms with E-state index < -0.39 is 11.7 Å². The minimum Gasteiger partial charge on any atom is -0.366 e. The maximum Gasteiger partial charge on any atom is 0.248 e. The Morgan fingerprint density at radius 1 is 1.50 bits per heavy atom. The molecule has 0 bridgehead atoms. The molecule has 1 saturated heterocycles. The van der Waals surface area contributed by atoms with Crippen LogP contribution in [-0.2, 0) is 11.3 Å². The maximum absolute atomic E-state index is 13.7. The molecule has 0 aromatic heterocycles. The van der Waals surface area contributed by atoms with E-state index in [1.807, 2.05) is 0 Å². The Kier molecular flexibility index (Phi) is 3.57. The van der Waals surface area contributed by atoms with Gasteiger partial charge in [0.15, 0.2) is 0 Å². The number of primary amides is 1. The van der Waals surface area contributed by atoms with Crippen molar-refractivity contribution in [1.82, 2.24) is 10.2 Å². The summed E-state index contributed by atoms with van der Waals surface area (Å²) in [5.74, 6) is -1.24. The largest absolute Gasteiger partial charge is 0.366 e. The minimum absolute atomic E-state index is 0.0559. The number of rotatable bonds is 3. The molecule has 6 heteroatoms. The average molecular weight is 251 g/mol. The number of nitrogens with one attached hydrogen (secondary N) is 1. The third kappa shape index (κ3) is 2.65. The number of carbonyl (C=O) groups excluding carboxylic acids is 2. The first-order valence-electron chi connectivity index (χ1n) is 5.64. The van der Waals surface area contributed by atoms with Crippen molar-refractivity contribution in [2.45, 2.75) is 6.54 Å². The lowest BCUT2D eigenvalue weighted by atomic mass is 10.1. The standard InChI is InChI=1S/C12H14FN3O2/c13-10-5-8(12(14)18)1-2-9(10)7-16-4-3-15-6-11(16)17/h1-2,5,15H,3-4,6-7H2,(H2,14,18). The van der Waals surface area contributed by atoms with Crippen LogP contribution < -0.4 is 11.1 Å². The van der Waals surface area contributed by atoms with Gasteiger partial charge < -0.3 is 16.0 Å². The van der Waals surface area contributed by atoms with Gasteiger partial charge in [0.25, 0.3) is 0 Å². The molecule has 1 heterocycles. The van der Waals surface area contributed by atoms with E-state index in [0.29, 0.717) is 18.7 Å². The number of carbonyl (C=O) groups is 2. The lowest BCUT2D eigenvalue weighted by Gasteiger charge is -2.27. The fraction of sp³-hybridized carbons (Fsp3) is 0.333. The summed E-state index contributed by atoms with van der Waals surface area (Å²) < 4.78 is 13.7. The van der Waals surface area contributed by atoms with E-state index in [1.165, 1.54) is 12.1 Å². The second-order valence-electron chi connectivity index (χ2n) is 4.16. The average Bonchev–Trinajstić information content (AvgIpc) is 2.34. The van der Waals surface area contributed by atoms with Crippen molar-refractivity contribution in [2.75, 3.05) is 19.6 Å². The SMILES string of the molecule is NC(=O)c1ccc(CN2CCNCC2=O)c(F)c1. The predicted octanol–water partition coefficient (Wildman–Crippen LogP) is -0.144. The molecule has 0 atom stereocenters. The Morgan fingerprint density at radius 2 is 2.28 bits per heavy atom. The van der Waals surface area contributed by atoms with Crippen molar-refractivity contribution < 1.29 is 14.0 Å². The predicted molar refractivity (Wildman–Crippen MR) is 63.2 cm³/mol. The number of piperazine rings is 1. The van der Waals surface area contributed by atoms with Crippen LogP contribution in [-0.4, -0.2) is 36.3 Å². The molecule has 96 valence electrons. The van der Waals surface area contributed by atoms with Crippen LogP contribution in [0.15, 0.2) is 18.2 Å². The van der Waals surface area contributed by atoms with Crippen molar-refractivity contribution in [3.63, 3.8) is 0 Å². The van der Waals surface area contributed by atoms with Gasteiger partial charge in [0, 0.05) is 30.8 Å². The molecule has 0 radical (unpaired) electrons. The van der Waals surface area contributed by atoms with Crippen LogP contribution in [0.3, 0.4) is 0 Å². The van der Waals surface area contributed by atoms with Crippen molar-refractivity contribution in [3.8, 4) is 0 Å². The van der Waals surface area contributed by atoms with Gasteiger partial charge in [-0.3, -0.25) is 9.59 Å². The summed E-state index contributed by atoms with van der Waals surface area (Å²) in [5, 5.41) is 2.94. The zero-order valence-corrected chi connectivity index (χ0v) is 9.78. The molecule has 0 unspecified atom stereocenters. The van der Waals surface area contributed by atoms with E-state index in [9.17, 15) is 14.0 Å². The summed E-state index contributed by atoms with van der Waals surface area (Å²) in [4.78, 5) is 24.0. The summed E-state index contributed by atoms with van der Waals surface area (Å²) in [5.41, 5.74) is 5.57. The van der Waals surface area contributed by atoms with Gasteiger partial charge in [-0.1, -0.05) is 6.07 Å². The highest BCUT2D eigenvalue weighted by Gasteiger charge is 2.19. The van der Waals surface area contributed by atoms with Crippen molar-refractivity contribution in [1.29, 1.82) is 0 Å². The Bertz CT molecular complexity index is 490. The van der Waals surface area contributed by atoms with Gasteiger partial charge in [0.05, 0.1) is 6.54 Å². The lowest BCUT2D eigenvalue weighted by molar-refractivity contribution is -0.132. The van der Waals surface area contributed by atoms with Crippen LogP contribution in [0.25, 0.3) is 0 Å². The molecule has 3 N–H and O–H groups in total. The normalized spacial score (nSPS) is 15.8. The van der Waals surface area contributed by atoms with Gasteiger partial charge in [-0.05, 0) is 12.1 Å². The number of amides is 2. The highest BCUT2D eigenvalue weighted by atomic mass is 19.1. The van der Waals surface area contributed by atoms with Gasteiger partial charge in [-0.15, -0.1) is 0 Å². The van der Waals surface area contributed by atoms with Gasteiger partial charge in [0.2, 0.25) is 11.8 Å². The van der Waals surface area contributed by atoms with E-state index in [-0.39, 0.29) is 24.6 Å². The molecule has 0 saturated carbocycles. The second-order valence-corrected chi connectivity index (χ2v) is 4.16. The molecule has 1 aliphatic heterocycles. The number of benzene rings is 1. The first-order chi connectivity index (χ1) is 8.58. The molecule has 1 aliphatic rings. The quantitative estimate of drug-likeness (QED) is 0.785. The Balaban J connectivity index is 2.14. The second kappa shape index (κ2) is 5.14. The van der Waals surface area contributed by atoms with Crippen LogP contribution >= 0.6 is 0 Å². The van der Waals surface area contributed by atoms with Crippen molar-refractivity contribution in [2.24, 2.45) is 5.73 Å². The summed E-state index contributed by atoms with van der Waals surface area (Å²) in [7, 11) is 0. The van der Waals surface area contributed by atoms with Crippen molar-refractivity contribution >= 4 is 11.8 Å². The first kappa shape index (κ1) is 12.5. The molecule has 1 aromatic rings. The molecular weight excluding hydrogens is 237 g/mol. The van der Waals surface area contributed by atoms with Crippen LogP contribution in [0.2, 0.25) is 0 Å². The molecular formula is C12H14FN3O2. The number of halogens is 1. The number of hydrogen-bond donors (Lipinski definition) is 2. The molecule has 0 spiro atoms. The topological polar surface area (TPSA) is 75.4 Å². The summed E-state index contributed by atoms with van der Waals surface area (Å²) in [6.07, 6.45) is 0. The first-order valence-corrected chi connectivity index (χ1v) is 5.64. The van der Waals surface area contributed by atoms with Crippen LogP contribution in [0.1, 0.15) is 15.9 Å². The fourth-order valence-electron chi connectivity index (χ4n) is 1.85. The number of nitrogens with two attached hydrogens (primary N) is 1. The molecule has 1 fully saturated rings. The maximum atomic E-state index is 13.7. The summed E-state index contributed by atoms with van der Waals surface area (Å²) >= 11 is 0. The third-order valence-corrected chi connectivity index (χ3v) is 2.89. The Morgan fingerprint density at radius 3 is 2.89 bits per heavy atom. The number of nitrogens with zero attached hydrogens (tertiary/aromatic N) is 1. The van der Waals surface area contributed by atoms with Gasteiger partial charge in [-0.2, -0.15) is 0 Å². The summed E-state index contributed by atoms with van der Waals surface area (Å²) in [6.45, 7) is 1.74. The molecule has 5 nitrogen and oxygen atoms in total. The molecule has 2 amide bonds. The monoisotopic (exact) mass is 251 g/mol. The Labute approximate surface area is 104 Å². The molecule has 2 rings (SSSR count). The summed E-state index contributed by atoms with van der Waals surface area (Å²) in [6, 6.07) is 4.06. The van der Waals surface area contributed by atoms with E-state index in [2.05, 4.69) is 5.32 Å². The number of hydrogen-bond acceptors (Lipinski definition) is 3. The van der Waals surface area contributed by atoms with Gasteiger partial charge >= 0.3 is 0 Å². The molecule has 0 aliphatic carbocycles. The zero-order chi connectivity index (χ0) is 13.1. The Hall–Kier alpha value is -1.95. The van der Waals surface area contributed by atoms with Crippen LogP contribution in [0.4, 0.5) is 4.39 Å². The van der Waals surface area contributed by atoms with E-state index in [1.54, 1.807) is 4.90 Å². The zero-order valence-electron chi connectivity index (χ0n) is 9.78. The lowest BCUT2D eigenvalue weighted by Crippen LogP contribution is -2.47. The van der Waals surface area contributed by atoms with Gasteiger partial charge in [-0.25, -0.2) is 4.39 Å². The smallest absolute Gasteiger partial charge is 0.248 e. The van der Waals surface area contributed by atoms with E-state index >= 15 is 0 Å². The van der Waals surface area contributed by atoms with Crippen LogP contribution in [0, 0.1) is 5.82 Å². The fourth-order valence-corrected chi connectivity index (χ4v) is 1.85. The highest BCUT2D eigenvalue weighted by molar-refractivity contribution is 5.92. The highest BCUT2D eigenvalue weighted by Crippen LogP contribution is 2.13. The molecule has 1 aromatic carbocycles. The van der Waals surface area contributed by atoms with Crippen molar-refractivity contribution in [3.05, 3.63) is 35.1 Å². The minimum atomic E-state index is -0.668. The van der Waals surface area contributed by atoms with Crippen LogP contribution in [0.5, 0.6) is 0 Å². The molecule has 18 heavy (non-hydrogen) atoms.